The van der Waals surface area contributed by atoms with Gasteiger partial charge in [-0.25, -0.2) is 17.6 Å². The predicted octanol–water partition coefficient (Wildman–Crippen LogP) is 6.11. The van der Waals surface area contributed by atoms with Crippen molar-refractivity contribution in [1.82, 2.24) is 29.7 Å². The van der Waals surface area contributed by atoms with E-state index >= 15 is 4.39 Å². The van der Waals surface area contributed by atoms with Gasteiger partial charge in [-0.3, -0.25) is 19.7 Å². The van der Waals surface area contributed by atoms with E-state index in [0.29, 0.717) is 40.8 Å². The van der Waals surface area contributed by atoms with Gasteiger partial charge in [0.15, 0.2) is 11.6 Å². The van der Waals surface area contributed by atoms with Gasteiger partial charge in [-0.05, 0) is 43.0 Å². The molecule has 8 rings (SSSR count). The Morgan fingerprint density at radius 3 is 2.67 bits per heavy atom. The minimum Gasteiger partial charge on any atom is -0.461 e. The number of hydrogen-bond donors (Lipinski definition) is 0. The van der Waals surface area contributed by atoms with Crippen molar-refractivity contribution in [3.05, 3.63) is 89.6 Å². The van der Waals surface area contributed by atoms with Gasteiger partial charge in [0.25, 0.3) is 5.91 Å². The second-order valence-electron chi connectivity index (χ2n) is 13.4. The van der Waals surface area contributed by atoms with Crippen LogP contribution in [0.25, 0.3) is 39.0 Å². The molecule has 0 unspecified atom stereocenters. The van der Waals surface area contributed by atoms with E-state index in [1.54, 1.807) is 42.5 Å². The summed E-state index contributed by atoms with van der Waals surface area (Å²) in [5.41, 5.74) is -0.0666. The summed E-state index contributed by atoms with van der Waals surface area (Å²) in [5.74, 6) is -0.383. The number of amides is 1. The number of halogens is 4. The summed E-state index contributed by atoms with van der Waals surface area (Å²) in [4.78, 5) is 36.1. The molecule has 3 saturated heterocycles. The van der Waals surface area contributed by atoms with Crippen molar-refractivity contribution in [2.24, 2.45) is 0 Å². The maximum atomic E-state index is 16.9. The molecule has 1 amide bonds. The number of fused-ring (bicyclic) bond motifs is 3. The SMILES string of the molecule is C#Cc1c(F)ccc2cccc(-c3ncc4c(N5CCN(C(=O)/C(F)=C/c6ccccn6)CC5)nc(OC[C@@]56CCCN5C[C@H](F)C6)nc4c3F)c12. The third kappa shape index (κ3) is 5.96. The molecule has 264 valence electrons. The highest BCUT2D eigenvalue weighted by Crippen LogP contribution is 2.41. The smallest absolute Gasteiger partial charge is 0.319 e. The normalized spacial score (nSPS) is 20.8. The van der Waals surface area contributed by atoms with Gasteiger partial charge < -0.3 is 14.5 Å². The topological polar surface area (TPSA) is 87.6 Å². The minimum atomic E-state index is -0.968. The van der Waals surface area contributed by atoms with E-state index in [4.69, 9.17) is 16.1 Å². The van der Waals surface area contributed by atoms with E-state index < -0.39 is 35.1 Å². The highest BCUT2D eigenvalue weighted by atomic mass is 19.1. The Kier molecular flexibility index (Phi) is 8.71. The second-order valence-corrected chi connectivity index (χ2v) is 13.4. The Bertz CT molecular complexity index is 2270. The summed E-state index contributed by atoms with van der Waals surface area (Å²) >= 11 is 0. The number of piperazine rings is 1. The molecular weight excluding hydrogens is 674 g/mol. The second kappa shape index (κ2) is 13.5. The number of hydrogen-bond acceptors (Lipinski definition) is 8. The molecule has 3 aliphatic rings. The molecule has 0 aliphatic carbocycles. The van der Waals surface area contributed by atoms with Crippen LogP contribution in [-0.4, -0.2) is 93.2 Å². The molecule has 52 heavy (non-hydrogen) atoms. The van der Waals surface area contributed by atoms with Crippen molar-refractivity contribution in [1.29, 1.82) is 0 Å². The average Bonchev–Trinajstić information content (AvgIpc) is 3.69. The van der Waals surface area contributed by atoms with E-state index in [-0.39, 0.29) is 61.0 Å². The van der Waals surface area contributed by atoms with E-state index in [9.17, 15) is 18.0 Å². The lowest BCUT2D eigenvalue weighted by atomic mass is 9.95. The van der Waals surface area contributed by atoms with Crippen LogP contribution in [0.4, 0.5) is 23.4 Å². The molecule has 13 heteroatoms. The fourth-order valence-corrected chi connectivity index (χ4v) is 7.78. The van der Waals surface area contributed by atoms with Crippen molar-refractivity contribution in [2.45, 2.75) is 31.0 Å². The molecule has 0 bridgehead atoms. The third-order valence-electron chi connectivity index (χ3n) is 10.3. The average molecular weight is 708 g/mol. The van der Waals surface area contributed by atoms with Crippen LogP contribution < -0.4 is 9.64 Å². The van der Waals surface area contributed by atoms with Gasteiger partial charge in [0, 0.05) is 68.6 Å². The highest BCUT2D eigenvalue weighted by molar-refractivity contribution is 6.02. The van der Waals surface area contributed by atoms with Crippen LogP contribution in [0.2, 0.25) is 0 Å². The van der Waals surface area contributed by atoms with Gasteiger partial charge in [0.1, 0.15) is 35.6 Å². The number of ether oxygens (including phenoxy) is 1. The van der Waals surface area contributed by atoms with Crippen molar-refractivity contribution < 1.29 is 27.1 Å². The quantitative estimate of drug-likeness (QED) is 0.114. The van der Waals surface area contributed by atoms with Crippen LogP contribution in [-0.2, 0) is 4.79 Å². The van der Waals surface area contributed by atoms with E-state index in [1.165, 1.54) is 23.4 Å². The lowest BCUT2D eigenvalue weighted by Crippen LogP contribution is -2.49. The summed E-state index contributed by atoms with van der Waals surface area (Å²) in [6.07, 6.45) is 10.8. The molecule has 3 fully saturated rings. The lowest BCUT2D eigenvalue weighted by molar-refractivity contribution is -0.128. The number of benzene rings is 2. The Morgan fingerprint density at radius 1 is 1.04 bits per heavy atom. The minimum absolute atomic E-state index is 0.0105. The number of carbonyl (C=O) groups is 1. The summed E-state index contributed by atoms with van der Waals surface area (Å²) in [6, 6.07) is 12.8. The fraction of sp³-hybridized carbons (Fsp3) is 0.308. The van der Waals surface area contributed by atoms with E-state index in [1.807, 2.05) is 4.90 Å². The third-order valence-corrected chi connectivity index (χ3v) is 10.3. The number of rotatable bonds is 7. The van der Waals surface area contributed by atoms with Crippen LogP contribution in [0.1, 0.15) is 30.5 Å². The highest BCUT2D eigenvalue weighted by Gasteiger charge is 2.49. The number of carbonyl (C=O) groups excluding carboxylic acids is 1. The summed E-state index contributed by atoms with van der Waals surface area (Å²) in [5, 5.41) is 1.24. The first-order valence-electron chi connectivity index (χ1n) is 17.1. The van der Waals surface area contributed by atoms with Crippen molar-refractivity contribution >= 4 is 39.5 Å². The predicted molar refractivity (Wildman–Crippen MR) is 189 cm³/mol. The molecule has 6 heterocycles. The molecule has 3 aromatic heterocycles. The summed E-state index contributed by atoms with van der Waals surface area (Å²) < 4.78 is 67.4. The summed E-state index contributed by atoms with van der Waals surface area (Å²) in [6.45, 7) is 2.02. The van der Waals surface area contributed by atoms with Gasteiger partial charge in [0.2, 0.25) is 0 Å². The Hall–Kier alpha value is -5.61. The number of alkyl halides is 1. The molecule has 9 nitrogen and oxygen atoms in total. The molecular formula is C39H33F4N7O2. The number of anilines is 1. The zero-order valence-electron chi connectivity index (χ0n) is 28.0. The Labute approximate surface area is 297 Å². The van der Waals surface area contributed by atoms with Crippen LogP contribution in [0.5, 0.6) is 6.01 Å². The molecule has 0 saturated carbocycles. The van der Waals surface area contributed by atoms with Crippen molar-refractivity contribution in [2.75, 3.05) is 50.8 Å². The molecule has 3 aliphatic heterocycles. The Balaban J connectivity index is 1.16. The van der Waals surface area contributed by atoms with E-state index in [0.717, 1.165) is 25.5 Å². The standard InChI is InChI=1S/C39H33F4N7O2/c1-2-27-30(41)11-10-24-7-5-9-28(32(24)27)34-33(43)35-29(21-45-34)36(47-38(46-35)52-23-39-12-6-14-50(39)22-25(40)20-39)48-15-17-49(18-16-48)37(51)31(42)19-26-8-3-4-13-44-26/h1,3-5,7-11,13,19,21,25H,6,12,14-18,20,22-23H2/b31-19-/t25-,39+/m1/s1. The zero-order chi connectivity index (χ0) is 36.0. The largest absolute Gasteiger partial charge is 0.461 e. The molecule has 5 aromatic rings. The first kappa shape index (κ1) is 33.5. The van der Waals surface area contributed by atoms with Crippen LogP contribution >= 0.6 is 0 Å². The van der Waals surface area contributed by atoms with Gasteiger partial charge >= 0.3 is 6.01 Å². The van der Waals surface area contributed by atoms with Crippen molar-refractivity contribution in [3.8, 4) is 29.6 Å². The number of aromatic nitrogens is 4. The fourth-order valence-electron chi connectivity index (χ4n) is 7.78. The number of nitrogens with zero attached hydrogens (tertiary/aromatic N) is 7. The molecule has 2 atom stereocenters. The maximum absolute atomic E-state index is 16.9. The first-order valence-corrected chi connectivity index (χ1v) is 17.1. The van der Waals surface area contributed by atoms with Gasteiger partial charge in [-0.15, -0.1) is 6.42 Å². The number of terminal acetylenes is 1. The lowest BCUT2D eigenvalue weighted by Gasteiger charge is -2.35. The van der Waals surface area contributed by atoms with Gasteiger partial charge in [0.05, 0.1) is 22.2 Å². The Morgan fingerprint density at radius 2 is 1.88 bits per heavy atom. The summed E-state index contributed by atoms with van der Waals surface area (Å²) in [7, 11) is 0. The number of pyridine rings is 2. The molecule has 0 spiro atoms. The first-order chi connectivity index (χ1) is 25.2. The zero-order valence-corrected chi connectivity index (χ0v) is 28.0. The van der Waals surface area contributed by atoms with Crippen LogP contribution in [0.3, 0.4) is 0 Å². The van der Waals surface area contributed by atoms with Crippen molar-refractivity contribution in [3.63, 3.8) is 0 Å². The monoisotopic (exact) mass is 707 g/mol. The maximum Gasteiger partial charge on any atom is 0.319 e. The van der Waals surface area contributed by atoms with Gasteiger partial charge in [-0.2, -0.15) is 9.97 Å². The van der Waals surface area contributed by atoms with E-state index in [2.05, 4.69) is 25.8 Å². The van der Waals surface area contributed by atoms with Crippen LogP contribution in [0, 0.1) is 24.0 Å². The molecule has 0 radical (unpaired) electrons. The van der Waals surface area contributed by atoms with Gasteiger partial charge in [-0.1, -0.05) is 36.3 Å². The molecule has 2 aromatic carbocycles. The molecule has 0 N–H and O–H groups in total. The van der Waals surface area contributed by atoms with Crippen LogP contribution in [0.15, 0.2) is 66.8 Å².